The number of rotatable bonds is 4. The molecule has 1 aliphatic rings. The molecular formula is C17H26N2O2. The summed E-state index contributed by atoms with van der Waals surface area (Å²) in [5.41, 5.74) is 3.04. The number of likely N-dealkylation sites (tertiary alicyclic amines) is 1. The first kappa shape index (κ1) is 16.0. The van der Waals surface area contributed by atoms with Crippen molar-refractivity contribution in [2.75, 3.05) is 31.6 Å². The summed E-state index contributed by atoms with van der Waals surface area (Å²) >= 11 is 0. The number of hydrogen-bond acceptors (Lipinski definition) is 3. The van der Waals surface area contributed by atoms with Crippen LogP contribution in [0.1, 0.15) is 30.9 Å². The highest BCUT2D eigenvalue weighted by molar-refractivity contribution is 5.93. The molecule has 1 aliphatic heterocycles. The van der Waals surface area contributed by atoms with E-state index in [-0.39, 0.29) is 17.9 Å². The molecule has 0 saturated carbocycles. The lowest BCUT2D eigenvalue weighted by Gasteiger charge is -2.38. The van der Waals surface area contributed by atoms with Crippen molar-refractivity contribution in [1.82, 2.24) is 4.90 Å². The van der Waals surface area contributed by atoms with Gasteiger partial charge in [0.15, 0.2) is 0 Å². The van der Waals surface area contributed by atoms with Gasteiger partial charge in [-0.05, 0) is 50.4 Å². The number of nitrogens with one attached hydrogen (secondary N) is 1. The van der Waals surface area contributed by atoms with Gasteiger partial charge >= 0.3 is 0 Å². The lowest BCUT2D eigenvalue weighted by Crippen LogP contribution is -2.46. The Hall–Kier alpha value is -1.39. The van der Waals surface area contributed by atoms with Crippen LogP contribution in [0.5, 0.6) is 0 Å². The number of carbonyl (C=O) groups is 1. The highest BCUT2D eigenvalue weighted by atomic mass is 16.3. The van der Waals surface area contributed by atoms with Crippen molar-refractivity contribution in [2.24, 2.45) is 5.41 Å². The van der Waals surface area contributed by atoms with Gasteiger partial charge in [-0.15, -0.1) is 0 Å². The number of hydrogen-bond donors (Lipinski definition) is 2. The van der Waals surface area contributed by atoms with Crippen LogP contribution in [-0.2, 0) is 4.79 Å². The number of aliphatic hydroxyl groups is 1. The smallest absolute Gasteiger partial charge is 0.238 e. The van der Waals surface area contributed by atoms with Gasteiger partial charge in [0.05, 0.1) is 6.54 Å². The first-order valence-electron chi connectivity index (χ1n) is 7.62. The van der Waals surface area contributed by atoms with Crippen LogP contribution in [0.15, 0.2) is 18.2 Å². The number of carbonyl (C=O) groups excluding carboxylic acids is 1. The van der Waals surface area contributed by atoms with E-state index >= 15 is 0 Å². The average molecular weight is 290 g/mol. The van der Waals surface area contributed by atoms with Crippen LogP contribution in [0.2, 0.25) is 0 Å². The van der Waals surface area contributed by atoms with Crippen molar-refractivity contribution in [1.29, 1.82) is 0 Å². The molecule has 0 bridgehead atoms. The molecule has 0 aliphatic carbocycles. The number of benzene rings is 1. The van der Waals surface area contributed by atoms with Gasteiger partial charge in [0.2, 0.25) is 5.91 Å². The quantitative estimate of drug-likeness (QED) is 0.895. The minimum Gasteiger partial charge on any atom is -0.396 e. The van der Waals surface area contributed by atoms with E-state index in [1.165, 1.54) is 0 Å². The van der Waals surface area contributed by atoms with E-state index in [0.717, 1.165) is 42.7 Å². The van der Waals surface area contributed by atoms with Crippen LogP contribution in [0.4, 0.5) is 5.69 Å². The predicted molar refractivity (Wildman–Crippen MR) is 85.4 cm³/mol. The van der Waals surface area contributed by atoms with E-state index in [2.05, 4.69) is 17.1 Å². The molecule has 0 aromatic heterocycles. The Kier molecular flexibility index (Phi) is 5.01. The number of amides is 1. The first-order chi connectivity index (χ1) is 9.92. The highest BCUT2D eigenvalue weighted by Crippen LogP contribution is 2.28. The number of anilines is 1. The van der Waals surface area contributed by atoms with Crippen LogP contribution >= 0.6 is 0 Å². The molecule has 1 fully saturated rings. The summed E-state index contributed by atoms with van der Waals surface area (Å²) in [6, 6.07) is 6.07. The first-order valence-corrected chi connectivity index (χ1v) is 7.62. The van der Waals surface area contributed by atoms with Gasteiger partial charge in [-0.2, -0.15) is 0 Å². The van der Waals surface area contributed by atoms with Gasteiger partial charge in [0.1, 0.15) is 0 Å². The van der Waals surface area contributed by atoms with Crippen molar-refractivity contribution >= 4 is 11.6 Å². The van der Waals surface area contributed by atoms with E-state index in [9.17, 15) is 9.90 Å². The molecule has 2 N–H and O–H groups in total. The molecule has 116 valence electrons. The van der Waals surface area contributed by atoms with Crippen LogP contribution in [0.3, 0.4) is 0 Å². The number of aliphatic hydroxyl groups excluding tert-OH is 1. The Balaban J connectivity index is 1.94. The molecule has 1 saturated heterocycles. The normalized spacial score (nSPS) is 23.0. The predicted octanol–water partition coefficient (Wildman–Crippen LogP) is 2.34. The second-order valence-electron chi connectivity index (χ2n) is 6.65. The monoisotopic (exact) mass is 290 g/mol. The summed E-state index contributed by atoms with van der Waals surface area (Å²) in [7, 11) is 0. The van der Waals surface area contributed by atoms with E-state index in [0.29, 0.717) is 6.54 Å². The molecule has 4 heteroatoms. The van der Waals surface area contributed by atoms with Crippen molar-refractivity contribution in [3.63, 3.8) is 0 Å². The molecule has 2 rings (SSSR count). The van der Waals surface area contributed by atoms with Crippen LogP contribution in [0, 0.1) is 19.3 Å². The largest absolute Gasteiger partial charge is 0.396 e. The Morgan fingerprint density at radius 3 is 2.90 bits per heavy atom. The minimum atomic E-state index is -0.0716. The highest BCUT2D eigenvalue weighted by Gasteiger charge is 2.30. The lowest BCUT2D eigenvalue weighted by atomic mass is 9.83. The molecule has 1 unspecified atom stereocenters. The molecule has 1 aromatic rings. The van der Waals surface area contributed by atoms with Crippen LogP contribution in [0.25, 0.3) is 0 Å². The molecule has 4 nitrogen and oxygen atoms in total. The molecule has 1 amide bonds. The fourth-order valence-corrected chi connectivity index (χ4v) is 2.95. The minimum absolute atomic E-state index is 0.0193. The van der Waals surface area contributed by atoms with Crippen LogP contribution in [-0.4, -0.2) is 42.2 Å². The molecule has 1 atom stereocenters. The van der Waals surface area contributed by atoms with Gasteiger partial charge in [-0.3, -0.25) is 9.69 Å². The summed E-state index contributed by atoms with van der Waals surface area (Å²) in [6.07, 6.45) is 2.06. The standard InChI is InChI=1S/C17H26N2O2/c1-13-5-6-14(2)15(9-13)18-16(21)10-19-8-4-7-17(3,11-19)12-20/h5-6,9,20H,4,7-8,10-12H2,1-3H3,(H,18,21). The summed E-state index contributed by atoms with van der Waals surface area (Å²) in [5, 5.41) is 12.5. The summed E-state index contributed by atoms with van der Waals surface area (Å²) in [4.78, 5) is 14.4. The average Bonchev–Trinajstić information content (AvgIpc) is 2.43. The van der Waals surface area contributed by atoms with Crippen molar-refractivity contribution in [2.45, 2.75) is 33.6 Å². The van der Waals surface area contributed by atoms with Crippen molar-refractivity contribution < 1.29 is 9.90 Å². The zero-order valence-corrected chi connectivity index (χ0v) is 13.3. The third-order valence-corrected chi connectivity index (χ3v) is 4.28. The van der Waals surface area contributed by atoms with E-state index in [4.69, 9.17) is 0 Å². The van der Waals surface area contributed by atoms with Crippen molar-refractivity contribution in [3.05, 3.63) is 29.3 Å². The van der Waals surface area contributed by atoms with Gasteiger partial charge in [-0.1, -0.05) is 19.1 Å². The summed E-state index contributed by atoms with van der Waals surface area (Å²) in [6.45, 7) is 8.39. The topological polar surface area (TPSA) is 52.6 Å². The molecule has 21 heavy (non-hydrogen) atoms. The summed E-state index contributed by atoms with van der Waals surface area (Å²) < 4.78 is 0. The Morgan fingerprint density at radius 2 is 2.19 bits per heavy atom. The molecular weight excluding hydrogens is 264 g/mol. The van der Waals surface area contributed by atoms with E-state index in [1.807, 2.05) is 32.0 Å². The number of aryl methyl sites for hydroxylation is 2. The fraction of sp³-hybridized carbons (Fsp3) is 0.588. The maximum absolute atomic E-state index is 12.2. The lowest BCUT2D eigenvalue weighted by molar-refractivity contribution is -0.118. The van der Waals surface area contributed by atoms with Gasteiger partial charge in [0.25, 0.3) is 0 Å². The van der Waals surface area contributed by atoms with Gasteiger partial charge < -0.3 is 10.4 Å². The van der Waals surface area contributed by atoms with Gasteiger partial charge in [-0.25, -0.2) is 0 Å². The SMILES string of the molecule is Cc1ccc(C)c(NC(=O)CN2CCCC(C)(CO)C2)c1. The second kappa shape index (κ2) is 6.58. The second-order valence-corrected chi connectivity index (χ2v) is 6.65. The summed E-state index contributed by atoms with van der Waals surface area (Å²) in [5.74, 6) is 0.0193. The Bertz CT molecular complexity index is 516. The molecule has 0 radical (unpaired) electrons. The van der Waals surface area contributed by atoms with E-state index in [1.54, 1.807) is 0 Å². The Morgan fingerprint density at radius 1 is 1.43 bits per heavy atom. The molecule has 0 spiro atoms. The maximum atomic E-state index is 12.2. The van der Waals surface area contributed by atoms with Gasteiger partial charge in [0, 0.05) is 24.3 Å². The molecule has 1 aromatic carbocycles. The third-order valence-electron chi connectivity index (χ3n) is 4.28. The molecule has 1 heterocycles. The number of nitrogens with zero attached hydrogens (tertiary/aromatic N) is 1. The zero-order chi connectivity index (χ0) is 15.5. The zero-order valence-electron chi connectivity index (χ0n) is 13.3. The van der Waals surface area contributed by atoms with E-state index < -0.39 is 0 Å². The third kappa shape index (κ3) is 4.29. The Labute approximate surface area is 127 Å². The number of piperidine rings is 1. The van der Waals surface area contributed by atoms with Crippen LogP contribution < -0.4 is 5.32 Å². The van der Waals surface area contributed by atoms with Crippen molar-refractivity contribution in [3.8, 4) is 0 Å². The fourth-order valence-electron chi connectivity index (χ4n) is 2.95. The maximum Gasteiger partial charge on any atom is 0.238 e.